The quantitative estimate of drug-likeness (QED) is 0.537. The van der Waals surface area contributed by atoms with Gasteiger partial charge in [0.25, 0.3) is 0 Å². The second-order valence-corrected chi connectivity index (χ2v) is 7.67. The van der Waals surface area contributed by atoms with Crippen molar-refractivity contribution < 1.29 is 0 Å². The van der Waals surface area contributed by atoms with Crippen LogP contribution < -0.4 is 5.32 Å². The minimum atomic E-state index is 0.513. The maximum Gasteiger partial charge on any atom is 0.228 e. The molecule has 0 saturated heterocycles. The molecule has 5 rings (SSSR count). The number of pyridine rings is 2. The van der Waals surface area contributed by atoms with Crippen molar-refractivity contribution in [2.75, 3.05) is 18.9 Å². The molecule has 0 spiro atoms. The summed E-state index contributed by atoms with van der Waals surface area (Å²) in [6.07, 6.45) is 8.31. The highest BCUT2D eigenvalue weighted by Crippen LogP contribution is 2.30. The Labute approximate surface area is 181 Å². The molecule has 8 heteroatoms. The minimum absolute atomic E-state index is 0.513. The largest absolute Gasteiger partial charge is 0.309 e. The lowest BCUT2D eigenvalue weighted by atomic mass is 10.1. The van der Waals surface area contributed by atoms with Crippen LogP contribution in [0, 0.1) is 0 Å². The first-order valence-electron chi connectivity index (χ1n) is 10.4. The molecule has 0 fully saturated rings. The summed E-state index contributed by atoms with van der Waals surface area (Å²) >= 11 is 0. The van der Waals surface area contributed by atoms with Crippen molar-refractivity contribution in [3.05, 3.63) is 66.4 Å². The molecule has 31 heavy (non-hydrogen) atoms. The van der Waals surface area contributed by atoms with E-state index in [1.54, 1.807) is 12.4 Å². The summed E-state index contributed by atoms with van der Waals surface area (Å²) in [5, 5.41) is 7.99. The maximum atomic E-state index is 4.79. The van der Waals surface area contributed by atoms with E-state index in [0.29, 0.717) is 5.95 Å². The minimum Gasteiger partial charge on any atom is -0.309 e. The molecule has 0 saturated carbocycles. The smallest absolute Gasteiger partial charge is 0.228 e. The first kappa shape index (κ1) is 19.3. The molecule has 4 aromatic heterocycles. The zero-order valence-electron chi connectivity index (χ0n) is 17.7. The van der Waals surface area contributed by atoms with Gasteiger partial charge < -0.3 is 10.2 Å². The monoisotopic (exact) mass is 412 g/mol. The summed E-state index contributed by atoms with van der Waals surface area (Å²) < 4.78 is 1.91. The van der Waals surface area contributed by atoms with Gasteiger partial charge in [0, 0.05) is 67.7 Å². The van der Waals surface area contributed by atoms with E-state index in [9.17, 15) is 0 Å². The molecule has 0 aliphatic carbocycles. The number of aromatic nitrogens is 6. The molecule has 0 aromatic carbocycles. The van der Waals surface area contributed by atoms with Gasteiger partial charge in [-0.15, -0.1) is 0 Å². The van der Waals surface area contributed by atoms with E-state index < -0.39 is 0 Å². The molecule has 8 nitrogen and oxygen atoms in total. The van der Waals surface area contributed by atoms with E-state index in [4.69, 9.17) is 15.1 Å². The number of nitrogens with one attached hydrogen (secondary N) is 1. The van der Waals surface area contributed by atoms with E-state index in [0.717, 1.165) is 60.1 Å². The van der Waals surface area contributed by atoms with E-state index in [-0.39, 0.29) is 0 Å². The van der Waals surface area contributed by atoms with Crippen LogP contribution in [0.3, 0.4) is 0 Å². The van der Waals surface area contributed by atoms with E-state index in [2.05, 4.69) is 40.2 Å². The van der Waals surface area contributed by atoms with Gasteiger partial charge in [-0.05, 0) is 43.8 Å². The average Bonchev–Trinajstić information content (AvgIpc) is 3.25. The molecule has 0 amide bonds. The van der Waals surface area contributed by atoms with Crippen LogP contribution in [0.4, 0.5) is 11.8 Å². The van der Waals surface area contributed by atoms with Crippen LogP contribution in [0.5, 0.6) is 0 Å². The number of hydrogen-bond donors (Lipinski definition) is 1. The molecule has 156 valence electrons. The van der Waals surface area contributed by atoms with Crippen molar-refractivity contribution >= 4 is 11.8 Å². The lowest BCUT2D eigenvalue weighted by molar-refractivity contribution is 0.310. The number of aryl methyl sites for hydroxylation is 1. The van der Waals surface area contributed by atoms with Crippen LogP contribution >= 0.6 is 0 Å². The van der Waals surface area contributed by atoms with Gasteiger partial charge in [-0.2, -0.15) is 5.10 Å². The SMILES string of the molecule is CCn1cc(-c2ccnc(Nc3ccc4c(n3)CCN(C)C4)n2)c(-c2cccnc2)n1. The second-order valence-electron chi connectivity index (χ2n) is 7.67. The maximum absolute atomic E-state index is 4.79. The van der Waals surface area contributed by atoms with Crippen LogP contribution in [0.2, 0.25) is 0 Å². The second kappa shape index (κ2) is 8.23. The molecule has 1 N–H and O–H groups in total. The van der Waals surface area contributed by atoms with Crippen molar-refractivity contribution in [3.8, 4) is 22.5 Å². The molecule has 0 unspecified atom stereocenters. The van der Waals surface area contributed by atoms with Crippen molar-refractivity contribution in [2.24, 2.45) is 0 Å². The van der Waals surface area contributed by atoms with Gasteiger partial charge in [0.15, 0.2) is 0 Å². The summed E-state index contributed by atoms with van der Waals surface area (Å²) in [5.74, 6) is 1.27. The number of hydrogen-bond acceptors (Lipinski definition) is 7. The van der Waals surface area contributed by atoms with Crippen LogP contribution in [0.15, 0.2) is 55.1 Å². The van der Waals surface area contributed by atoms with Crippen molar-refractivity contribution in [1.82, 2.24) is 34.6 Å². The number of likely N-dealkylation sites (N-methyl/N-ethyl adjacent to an activating group) is 1. The van der Waals surface area contributed by atoms with E-state index in [1.165, 1.54) is 5.56 Å². The van der Waals surface area contributed by atoms with Crippen molar-refractivity contribution in [1.29, 1.82) is 0 Å². The van der Waals surface area contributed by atoms with E-state index >= 15 is 0 Å². The highest BCUT2D eigenvalue weighted by molar-refractivity contribution is 5.78. The zero-order chi connectivity index (χ0) is 21.2. The van der Waals surface area contributed by atoms with Gasteiger partial charge in [-0.25, -0.2) is 15.0 Å². The standard InChI is InChI=1S/C23H24N8/c1-3-31-15-18(22(29-31)16-5-4-10-24-13-16)20-8-11-25-23(27-20)28-21-7-6-17-14-30(2)12-9-19(17)26-21/h4-8,10-11,13,15H,3,9,12,14H2,1-2H3,(H,25,26,27,28). The number of fused-ring (bicyclic) bond motifs is 1. The first-order valence-corrected chi connectivity index (χ1v) is 10.4. The molecule has 1 aliphatic heterocycles. The van der Waals surface area contributed by atoms with Gasteiger partial charge >= 0.3 is 0 Å². The predicted octanol–water partition coefficient (Wildman–Crippen LogP) is 3.55. The van der Waals surface area contributed by atoms with Crippen molar-refractivity contribution in [2.45, 2.75) is 26.4 Å². The third-order valence-corrected chi connectivity index (χ3v) is 5.43. The summed E-state index contributed by atoms with van der Waals surface area (Å²) in [6, 6.07) is 9.95. The average molecular weight is 413 g/mol. The fraction of sp³-hybridized carbons (Fsp3) is 0.261. The lowest BCUT2D eigenvalue weighted by Gasteiger charge is -2.24. The summed E-state index contributed by atoms with van der Waals surface area (Å²) in [6.45, 7) is 4.80. The van der Waals surface area contributed by atoms with Crippen LogP contribution in [0.1, 0.15) is 18.2 Å². The summed E-state index contributed by atoms with van der Waals surface area (Å²) in [4.78, 5) is 20.5. The highest BCUT2D eigenvalue weighted by Gasteiger charge is 2.17. The highest BCUT2D eigenvalue weighted by atomic mass is 15.3. The molecule has 0 bridgehead atoms. The van der Waals surface area contributed by atoms with Gasteiger partial charge in [0.1, 0.15) is 11.5 Å². The van der Waals surface area contributed by atoms with Crippen LogP contribution in [-0.4, -0.2) is 48.2 Å². The van der Waals surface area contributed by atoms with Crippen LogP contribution in [0.25, 0.3) is 22.5 Å². The Kier molecular flexibility index (Phi) is 5.13. The molecule has 1 aliphatic rings. The number of rotatable bonds is 5. The first-order chi connectivity index (χ1) is 15.2. The third-order valence-electron chi connectivity index (χ3n) is 5.43. The summed E-state index contributed by atoms with van der Waals surface area (Å²) in [5.41, 5.74) is 5.98. The Hall–Kier alpha value is -3.65. The molecular weight excluding hydrogens is 388 g/mol. The van der Waals surface area contributed by atoms with Gasteiger partial charge in [0.2, 0.25) is 5.95 Å². The van der Waals surface area contributed by atoms with Crippen molar-refractivity contribution in [3.63, 3.8) is 0 Å². The molecule has 0 radical (unpaired) electrons. The van der Waals surface area contributed by atoms with Gasteiger partial charge in [0.05, 0.1) is 5.69 Å². The Morgan fingerprint density at radius 1 is 1.10 bits per heavy atom. The Bertz CT molecular complexity index is 1200. The topological polar surface area (TPSA) is 84.7 Å². The Balaban J connectivity index is 1.46. The predicted molar refractivity (Wildman–Crippen MR) is 120 cm³/mol. The van der Waals surface area contributed by atoms with E-state index in [1.807, 2.05) is 41.3 Å². The Morgan fingerprint density at radius 3 is 2.87 bits per heavy atom. The fourth-order valence-electron chi connectivity index (χ4n) is 3.80. The zero-order valence-corrected chi connectivity index (χ0v) is 17.7. The van der Waals surface area contributed by atoms with Crippen LogP contribution in [-0.2, 0) is 19.5 Å². The molecule has 0 atom stereocenters. The van der Waals surface area contributed by atoms with Gasteiger partial charge in [-0.3, -0.25) is 9.67 Å². The number of anilines is 2. The molecular formula is C23H24N8. The summed E-state index contributed by atoms with van der Waals surface area (Å²) in [7, 11) is 2.13. The normalized spacial score (nSPS) is 13.7. The third kappa shape index (κ3) is 4.02. The Morgan fingerprint density at radius 2 is 2.03 bits per heavy atom. The fourth-order valence-corrected chi connectivity index (χ4v) is 3.80. The molecule has 5 heterocycles. The number of nitrogens with zero attached hydrogens (tertiary/aromatic N) is 7. The molecule has 4 aromatic rings. The van der Waals surface area contributed by atoms with Gasteiger partial charge in [-0.1, -0.05) is 6.07 Å². The lowest BCUT2D eigenvalue weighted by Crippen LogP contribution is -2.27.